The Morgan fingerprint density at radius 2 is 1.43 bits per heavy atom. The van der Waals surface area contributed by atoms with E-state index in [0.29, 0.717) is 26.2 Å². The largest absolute Gasteiger partial charge is 0.756 e. The second kappa shape index (κ2) is 22.5. The number of unbranched alkanes of at least 4 members (excludes halogenated alkanes) is 13. The zero-order valence-electron chi connectivity index (χ0n) is 24.0. The van der Waals surface area contributed by atoms with E-state index in [1.54, 1.807) is 11.3 Å². The standard InChI is InChI=1S/C28H54NO6PS/c1-5-7-8-9-10-11-12-13-14-15-16-17-18-19-21-32-23-27(33-6-2)24-35-36(30,31)34-22-20-28-26(3)29(4)25-37-28/h25,27H,5-24H2,1-4H3/t27-/m1/s1. The van der Waals surface area contributed by atoms with Crippen LogP contribution in [-0.2, 0) is 36.6 Å². The summed E-state index contributed by atoms with van der Waals surface area (Å²) in [6, 6.07) is 0. The number of hydrogen-bond donors (Lipinski definition) is 0. The second-order valence-corrected chi connectivity index (χ2v) is 12.3. The molecule has 1 unspecified atom stereocenters. The van der Waals surface area contributed by atoms with Crippen molar-refractivity contribution < 1.29 is 32.5 Å². The summed E-state index contributed by atoms with van der Waals surface area (Å²) in [6.45, 7) is 7.56. The van der Waals surface area contributed by atoms with Gasteiger partial charge in [-0.1, -0.05) is 102 Å². The second-order valence-electron chi connectivity index (χ2n) is 9.92. The third-order valence-electron chi connectivity index (χ3n) is 6.63. The fourth-order valence-corrected chi connectivity index (χ4v) is 5.90. The van der Waals surface area contributed by atoms with Gasteiger partial charge in [0.2, 0.25) is 5.51 Å². The highest BCUT2D eigenvalue weighted by molar-refractivity contribution is 7.45. The summed E-state index contributed by atoms with van der Waals surface area (Å²) in [5.41, 5.74) is 3.10. The minimum Gasteiger partial charge on any atom is -0.756 e. The van der Waals surface area contributed by atoms with Crippen LogP contribution in [0.25, 0.3) is 0 Å². The number of phosphoric ester groups is 1. The van der Waals surface area contributed by atoms with Crippen LogP contribution in [0.2, 0.25) is 0 Å². The van der Waals surface area contributed by atoms with Gasteiger partial charge in [-0.3, -0.25) is 4.57 Å². The van der Waals surface area contributed by atoms with Gasteiger partial charge in [-0.15, -0.1) is 0 Å². The average Bonchev–Trinajstić information content (AvgIpc) is 3.19. The van der Waals surface area contributed by atoms with E-state index >= 15 is 0 Å². The van der Waals surface area contributed by atoms with Gasteiger partial charge in [0.05, 0.1) is 24.7 Å². The van der Waals surface area contributed by atoms with Crippen LogP contribution in [0.3, 0.4) is 0 Å². The summed E-state index contributed by atoms with van der Waals surface area (Å²) in [6.07, 6.45) is 18.7. The molecule has 9 heteroatoms. The van der Waals surface area contributed by atoms with Crippen LogP contribution in [0, 0.1) is 6.92 Å². The highest BCUT2D eigenvalue weighted by atomic mass is 32.1. The van der Waals surface area contributed by atoms with Crippen molar-refractivity contribution in [1.29, 1.82) is 0 Å². The zero-order chi connectivity index (χ0) is 27.2. The number of nitrogens with zero attached hydrogens (tertiary/aromatic N) is 1. The molecule has 0 N–H and O–H groups in total. The van der Waals surface area contributed by atoms with Gasteiger partial charge in [0, 0.05) is 26.6 Å². The number of ether oxygens (including phenoxy) is 2. The minimum atomic E-state index is -4.38. The maximum atomic E-state index is 12.1. The van der Waals surface area contributed by atoms with Gasteiger partial charge in [0.25, 0.3) is 7.82 Å². The van der Waals surface area contributed by atoms with Gasteiger partial charge in [0.15, 0.2) is 5.69 Å². The molecule has 0 spiro atoms. The van der Waals surface area contributed by atoms with Crippen LogP contribution >= 0.6 is 19.2 Å². The van der Waals surface area contributed by atoms with E-state index in [4.69, 9.17) is 18.5 Å². The molecule has 7 nitrogen and oxygen atoms in total. The monoisotopic (exact) mass is 563 g/mol. The van der Waals surface area contributed by atoms with Crippen molar-refractivity contribution in [2.24, 2.45) is 7.05 Å². The number of hydrogen-bond acceptors (Lipinski definition) is 7. The highest BCUT2D eigenvalue weighted by Gasteiger charge is 2.17. The lowest BCUT2D eigenvalue weighted by atomic mass is 10.0. The molecule has 0 bridgehead atoms. The first-order valence-corrected chi connectivity index (χ1v) is 17.0. The molecule has 0 aliphatic rings. The molecule has 0 aliphatic heterocycles. The molecule has 1 aromatic heterocycles. The Morgan fingerprint density at radius 3 is 1.95 bits per heavy atom. The van der Waals surface area contributed by atoms with Crippen molar-refractivity contribution in [3.63, 3.8) is 0 Å². The Kier molecular flexibility index (Phi) is 21.1. The van der Waals surface area contributed by atoms with Crippen LogP contribution < -0.4 is 9.46 Å². The average molecular weight is 564 g/mol. The lowest BCUT2D eigenvalue weighted by molar-refractivity contribution is -0.673. The van der Waals surface area contributed by atoms with E-state index in [0.717, 1.165) is 17.0 Å². The van der Waals surface area contributed by atoms with Crippen molar-refractivity contribution in [2.45, 2.75) is 123 Å². The molecule has 0 radical (unpaired) electrons. The number of thiazole rings is 1. The van der Waals surface area contributed by atoms with Crippen LogP contribution in [0.1, 0.15) is 114 Å². The van der Waals surface area contributed by atoms with Gasteiger partial charge in [-0.2, -0.15) is 4.57 Å². The molecular weight excluding hydrogens is 509 g/mol. The molecule has 2 atom stereocenters. The van der Waals surface area contributed by atoms with Crippen LogP contribution in [-0.4, -0.2) is 39.1 Å². The summed E-state index contributed by atoms with van der Waals surface area (Å²) in [7, 11) is -2.41. The van der Waals surface area contributed by atoms with E-state index in [2.05, 4.69) is 6.92 Å². The Hall–Kier alpha value is -0.340. The molecule has 0 saturated carbocycles. The number of aromatic nitrogens is 1. The Balaban J connectivity index is 2.01. The fraction of sp³-hybridized carbons (Fsp3) is 0.893. The molecule has 0 aliphatic carbocycles. The van der Waals surface area contributed by atoms with E-state index < -0.39 is 13.9 Å². The topological polar surface area (TPSA) is 80.9 Å². The summed E-state index contributed by atoms with van der Waals surface area (Å²) in [5, 5.41) is 0. The molecular formula is C28H54NO6PS. The van der Waals surface area contributed by atoms with Crippen molar-refractivity contribution in [3.05, 3.63) is 16.1 Å². The van der Waals surface area contributed by atoms with Gasteiger partial charge in [0.1, 0.15) is 13.2 Å². The molecule has 1 rings (SSSR count). The minimum absolute atomic E-state index is 0.0665. The number of aryl methyl sites for hydroxylation is 1. The first kappa shape index (κ1) is 34.7. The van der Waals surface area contributed by atoms with Crippen molar-refractivity contribution in [2.75, 3.05) is 33.0 Å². The predicted octanol–water partition coefficient (Wildman–Crippen LogP) is 6.83. The molecule has 37 heavy (non-hydrogen) atoms. The number of rotatable bonds is 26. The molecule has 0 saturated heterocycles. The highest BCUT2D eigenvalue weighted by Crippen LogP contribution is 2.38. The normalized spacial score (nSPS) is 14.2. The lowest BCUT2D eigenvalue weighted by Gasteiger charge is -2.25. The third kappa shape index (κ3) is 18.6. The Labute approximate surface area is 230 Å². The lowest BCUT2D eigenvalue weighted by Crippen LogP contribution is -2.28. The van der Waals surface area contributed by atoms with E-state index in [9.17, 15) is 9.46 Å². The van der Waals surface area contributed by atoms with E-state index in [1.807, 2.05) is 31.0 Å². The van der Waals surface area contributed by atoms with Gasteiger partial charge in [-0.05, 0) is 13.3 Å². The van der Waals surface area contributed by atoms with Gasteiger partial charge < -0.3 is 23.4 Å². The Bertz CT molecular complexity index is 717. The molecule has 1 aromatic rings. The quantitative estimate of drug-likeness (QED) is 0.0698. The first-order valence-electron chi connectivity index (χ1n) is 14.6. The van der Waals surface area contributed by atoms with Gasteiger partial charge in [-0.25, -0.2) is 0 Å². The van der Waals surface area contributed by atoms with Crippen molar-refractivity contribution in [3.8, 4) is 0 Å². The first-order chi connectivity index (χ1) is 17.9. The molecule has 0 aromatic carbocycles. The summed E-state index contributed by atoms with van der Waals surface area (Å²) in [4.78, 5) is 13.2. The summed E-state index contributed by atoms with van der Waals surface area (Å²) < 4.78 is 35.6. The third-order valence-corrected chi connectivity index (χ3v) is 8.80. The maximum absolute atomic E-state index is 12.1. The molecule has 0 fully saturated rings. The molecule has 1 heterocycles. The SMILES string of the molecule is CCCCCCCCCCCCCCCCOC[C@H](COP(=O)([O-])OCCc1sc[n+](C)c1C)OCC. The fourth-order valence-electron chi connectivity index (χ4n) is 4.20. The van der Waals surface area contributed by atoms with Crippen LogP contribution in [0.15, 0.2) is 5.51 Å². The summed E-state index contributed by atoms with van der Waals surface area (Å²) >= 11 is 1.59. The van der Waals surface area contributed by atoms with Crippen LogP contribution in [0.4, 0.5) is 0 Å². The number of phosphoric acid groups is 1. The van der Waals surface area contributed by atoms with Crippen molar-refractivity contribution >= 4 is 19.2 Å². The molecule has 218 valence electrons. The molecule has 0 amide bonds. The summed E-state index contributed by atoms with van der Waals surface area (Å²) in [5.74, 6) is 0. The Morgan fingerprint density at radius 1 is 0.865 bits per heavy atom. The van der Waals surface area contributed by atoms with Crippen LogP contribution in [0.5, 0.6) is 0 Å². The predicted molar refractivity (Wildman–Crippen MR) is 150 cm³/mol. The van der Waals surface area contributed by atoms with Crippen molar-refractivity contribution in [1.82, 2.24) is 0 Å². The zero-order valence-corrected chi connectivity index (χ0v) is 25.8. The van der Waals surface area contributed by atoms with E-state index in [1.165, 1.54) is 83.5 Å². The van der Waals surface area contributed by atoms with E-state index in [-0.39, 0.29) is 13.2 Å². The maximum Gasteiger partial charge on any atom is 0.267 e. The smallest absolute Gasteiger partial charge is 0.267 e. The van der Waals surface area contributed by atoms with Gasteiger partial charge >= 0.3 is 0 Å².